The summed E-state index contributed by atoms with van der Waals surface area (Å²) in [5, 5.41) is 0. The Morgan fingerprint density at radius 2 is 2.22 bits per heavy atom. The van der Waals surface area contributed by atoms with Crippen LogP contribution in [0.4, 0.5) is 0 Å². The second-order valence-corrected chi connectivity index (χ2v) is 9.41. The molecule has 0 aliphatic carbocycles. The third-order valence-electron chi connectivity index (χ3n) is 2.52. The Bertz CT molecular complexity index is 503. The van der Waals surface area contributed by atoms with E-state index in [1.165, 1.54) is 15.6 Å². The molecule has 0 saturated carbocycles. The SMILES string of the molecule is CSCC(C)N(C)S(=O)(=O)c1cc(CCl)sc1Br. The lowest BCUT2D eigenvalue weighted by Crippen LogP contribution is -2.36. The van der Waals surface area contributed by atoms with E-state index in [1.807, 2.05) is 13.2 Å². The molecule has 0 bridgehead atoms. The largest absolute Gasteiger partial charge is 0.245 e. The van der Waals surface area contributed by atoms with Crippen LogP contribution < -0.4 is 0 Å². The van der Waals surface area contributed by atoms with E-state index in [-0.39, 0.29) is 6.04 Å². The van der Waals surface area contributed by atoms with E-state index in [0.29, 0.717) is 14.6 Å². The standard InChI is InChI=1S/C10H15BrClNO2S3/c1-7(6-16-3)13(2)18(14,15)9-4-8(5-12)17-10(9)11/h4,7H,5-6H2,1-3H3. The van der Waals surface area contributed by atoms with Crippen LogP contribution in [0.5, 0.6) is 0 Å². The number of halogens is 2. The van der Waals surface area contributed by atoms with Crippen LogP contribution in [0.1, 0.15) is 11.8 Å². The molecular weight excluding hydrogens is 378 g/mol. The number of hydrogen-bond acceptors (Lipinski definition) is 4. The lowest BCUT2D eigenvalue weighted by molar-refractivity contribution is 0.415. The molecule has 104 valence electrons. The zero-order valence-electron chi connectivity index (χ0n) is 10.3. The smallest absolute Gasteiger partial charge is 0.207 e. The van der Waals surface area contributed by atoms with Crippen molar-refractivity contribution in [1.82, 2.24) is 4.31 Å². The predicted molar refractivity (Wildman–Crippen MR) is 84.4 cm³/mol. The molecule has 3 nitrogen and oxygen atoms in total. The predicted octanol–water partition coefficient (Wildman–Crippen LogP) is 3.62. The molecule has 1 heterocycles. The minimum absolute atomic E-state index is 0.0451. The zero-order valence-corrected chi connectivity index (χ0v) is 15.1. The summed E-state index contributed by atoms with van der Waals surface area (Å²) in [6.07, 6.45) is 1.96. The van der Waals surface area contributed by atoms with Crippen molar-refractivity contribution in [3.63, 3.8) is 0 Å². The Kier molecular flexibility index (Phi) is 6.48. The number of sulfonamides is 1. The van der Waals surface area contributed by atoms with Crippen LogP contribution in [0.25, 0.3) is 0 Å². The maximum atomic E-state index is 12.4. The Morgan fingerprint density at radius 3 is 2.67 bits per heavy atom. The van der Waals surface area contributed by atoms with E-state index >= 15 is 0 Å². The average molecular weight is 393 g/mol. The van der Waals surface area contributed by atoms with Gasteiger partial charge < -0.3 is 0 Å². The maximum Gasteiger partial charge on any atom is 0.245 e. The summed E-state index contributed by atoms with van der Waals surface area (Å²) in [7, 11) is -1.84. The zero-order chi connectivity index (χ0) is 13.9. The maximum absolute atomic E-state index is 12.4. The van der Waals surface area contributed by atoms with E-state index < -0.39 is 10.0 Å². The van der Waals surface area contributed by atoms with Crippen molar-refractivity contribution in [3.05, 3.63) is 14.7 Å². The van der Waals surface area contributed by atoms with Gasteiger partial charge in [0.1, 0.15) is 4.90 Å². The quantitative estimate of drug-likeness (QED) is 0.694. The van der Waals surface area contributed by atoms with Crippen LogP contribution >= 0.6 is 50.6 Å². The summed E-state index contributed by atoms with van der Waals surface area (Å²) in [4.78, 5) is 1.15. The highest BCUT2D eigenvalue weighted by atomic mass is 79.9. The van der Waals surface area contributed by atoms with Gasteiger partial charge in [-0.05, 0) is 35.2 Å². The third kappa shape index (κ3) is 3.64. The van der Waals surface area contributed by atoms with Gasteiger partial charge in [-0.2, -0.15) is 16.1 Å². The molecule has 8 heteroatoms. The number of alkyl halides is 1. The minimum atomic E-state index is -3.46. The number of thioether (sulfide) groups is 1. The molecule has 0 aliphatic heterocycles. The second-order valence-electron chi connectivity index (χ2n) is 3.81. The van der Waals surface area contributed by atoms with E-state index in [4.69, 9.17) is 11.6 Å². The number of nitrogens with zero attached hydrogens (tertiary/aromatic N) is 1. The van der Waals surface area contributed by atoms with Crippen LogP contribution in [-0.4, -0.2) is 37.8 Å². The monoisotopic (exact) mass is 391 g/mol. The molecular formula is C10H15BrClNO2S3. The van der Waals surface area contributed by atoms with E-state index in [2.05, 4.69) is 15.9 Å². The van der Waals surface area contributed by atoms with Crippen LogP contribution in [0.15, 0.2) is 14.7 Å². The fraction of sp³-hybridized carbons (Fsp3) is 0.600. The van der Waals surface area contributed by atoms with E-state index in [0.717, 1.165) is 10.6 Å². The van der Waals surface area contributed by atoms with Crippen LogP contribution in [0, 0.1) is 0 Å². The molecule has 0 aliphatic rings. The number of hydrogen-bond donors (Lipinski definition) is 0. The number of rotatable bonds is 6. The summed E-state index contributed by atoms with van der Waals surface area (Å²) < 4.78 is 26.9. The molecule has 0 spiro atoms. The average Bonchev–Trinajstić information content (AvgIpc) is 2.70. The Balaban J connectivity index is 3.08. The highest BCUT2D eigenvalue weighted by Crippen LogP contribution is 2.34. The molecule has 1 unspecified atom stereocenters. The van der Waals surface area contributed by atoms with Gasteiger partial charge in [-0.15, -0.1) is 22.9 Å². The van der Waals surface area contributed by atoms with Crippen molar-refractivity contribution in [2.24, 2.45) is 0 Å². The lowest BCUT2D eigenvalue weighted by atomic mass is 10.4. The van der Waals surface area contributed by atoms with Gasteiger partial charge in [0.05, 0.1) is 9.67 Å². The Morgan fingerprint density at radius 1 is 1.61 bits per heavy atom. The van der Waals surface area contributed by atoms with Crippen LogP contribution in [0.2, 0.25) is 0 Å². The van der Waals surface area contributed by atoms with Gasteiger partial charge in [0.2, 0.25) is 10.0 Å². The number of thiophene rings is 1. The summed E-state index contributed by atoms with van der Waals surface area (Å²) in [6.45, 7) is 1.90. The molecule has 1 rings (SSSR count). The third-order valence-corrected chi connectivity index (χ3v) is 8.01. The minimum Gasteiger partial charge on any atom is -0.207 e. The van der Waals surface area contributed by atoms with Crippen molar-refractivity contribution in [2.75, 3.05) is 19.1 Å². The second kappa shape index (κ2) is 6.95. The molecule has 18 heavy (non-hydrogen) atoms. The van der Waals surface area contributed by atoms with Gasteiger partial charge in [0.15, 0.2) is 0 Å². The van der Waals surface area contributed by atoms with Gasteiger partial charge in [0, 0.05) is 23.7 Å². The van der Waals surface area contributed by atoms with Crippen LogP contribution in [-0.2, 0) is 15.9 Å². The molecule has 0 aromatic carbocycles. The summed E-state index contributed by atoms with van der Waals surface area (Å²) >= 11 is 12.0. The first-order valence-corrected chi connectivity index (χ1v) is 10.1. The van der Waals surface area contributed by atoms with Gasteiger partial charge >= 0.3 is 0 Å². The lowest BCUT2D eigenvalue weighted by Gasteiger charge is -2.23. The molecule has 1 atom stereocenters. The molecule has 1 aromatic heterocycles. The molecule has 0 radical (unpaired) electrons. The fourth-order valence-corrected chi connectivity index (χ4v) is 6.26. The fourth-order valence-electron chi connectivity index (χ4n) is 1.38. The first kappa shape index (κ1) is 16.8. The van der Waals surface area contributed by atoms with Crippen molar-refractivity contribution in [2.45, 2.75) is 23.7 Å². The first-order valence-electron chi connectivity index (χ1n) is 5.15. The normalized spacial score (nSPS) is 14.1. The van der Waals surface area contributed by atoms with Crippen molar-refractivity contribution in [1.29, 1.82) is 0 Å². The molecule has 0 N–H and O–H groups in total. The van der Waals surface area contributed by atoms with Crippen LogP contribution in [0.3, 0.4) is 0 Å². The highest BCUT2D eigenvalue weighted by molar-refractivity contribution is 9.11. The summed E-state index contributed by atoms with van der Waals surface area (Å²) in [6, 6.07) is 1.59. The van der Waals surface area contributed by atoms with Gasteiger partial charge in [0.25, 0.3) is 0 Å². The summed E-state index contributed by atoms with van der Waals surface area (Å²) in [5.41, 5.74) is 0. The molecule has 0 amide bonds. The molecule has 0 saturated heterocycles. The van der Waals surface area contributed by atoms with E-state index in [9.17, 15) is 8.42 Å². The Labute approximate surface area is 130 Å². The van der Waals surface area contributed by atoms with Crippen molar-refractivity contribution >= 4 is 60.7 Å². The van der Waals surface area contributed by atoms with Crippen molar-refractivity contribution in [3.8, 4) is 0 Å². The van der Waals surface area contributed by atoms with Gasteiger partial charge in [-0.3, -0.25) is 0 Å². The highest BCUT2D eigenvalue weighted by Gasteiger charge is 2.28. The first-order chi connectivity index (χ1) is 8.34. The van der Waals surface area contributed by atoms with E-state index in [1.54, 1.807) is 24.9 Å². The summed E-state index contributed by atoms with van der Waals surface area (Å²) in [5.74, 6) is 1.09. The molecule has 0 fully saturated rings. The Hall–Kier alpha value is 0.730. The van der Waals surface area contributed by atoms with Crippen molar-refractivity contribution < 1.29 is 8.42 Å². The van der Waals surface area contributed by atoms with Gasteiger partial charge in [-0.1, -0.05) is 0 Å². The molecule has 1 aromatic rings. The topological polar surface area (TPSA) is 37.4 Å². The van der Waals surface area contributed by atoms with Gasteiger partial charge in [-0.25, -0.2) is 8.42 Å².